The van der Waals surface area contributed by atoms with Crippen LogP contribution in [0.1, 0.15) is 37.3 Å². The van der Waals surface area contributed by atoms with E-state index in [-0.39, 0.29) is 18.9 Å². The Morgan fingerprint density at radius 2 is 1.90 bits per heavy atom. The monoisotopic (exact) mass is 315 g/mol. The van der Waals surface area contributed by atoms with Crippen molar-refractivity contribution < 1.29 is 13.2 Å². The Balaban J connectivity index is 2.05. The molecule has 0 bridgehead atoms. The maximum atomic E-state index is 11.8. The third-order valence-electron chi connectivity index (χ3n) is 3.60. The zero-order chi connectivity index (χ0) is 14.9. The van der Waals surface area contributed by atoms with Crippen molar-refractivity contribution >= 4 is 25.6 Å². The lowest BCUT2D eigenvalue weighted by atomic mass is 10.0. The van der Waals surface area contributed by atoms with Crippen molar-refractivity contribution in [2.75, 3.05) is 6.54 Å². The highest BCUT2D eigenvalue weighted by Crippen LogP contribution is 2.23. The number of hydrogen-bond acceptors (Lipinski definition) is 3. The third kappa shape index (κ3) is 3.52. The highest BCUT2D eigenvalue weighted by Gasteiger charge is 2.37. The number of hydrogen-bond donors (Lipinski definition) is 0. The van der Waals surface area contributed by atoms with E-state index in [1.54, 1.807) is 4.90 Å². The molecule has 1 unspecified atom stereocenters. The molecule has 6 heteroatoms. The lowest BCUT2D eigenvalue weighted by Crippen LogP contribution is -2.26. The Kier molecular flexibility index (Phi) is 4.39. The maximum Gasteiger partial charge on any atom is 0.237 e. The van der Waals surface area contributed by atoms with Crippen molar-refractivity contribution in [3.05, 3.63) is 35.4 Å². The van der Waals surface area contributed by atoms with Crippen LogP contribution >= 0.6 is 10.7 Å². The van der Waals surface area contributed by atoms with E-state index in [1.807, 2.05) is 24.3 Å². The first kappa shape index (κ1) is 15.3. The van der Waals surface area contributed by atoms with Crippen molar-refractivity contribution in [3.63, 3.8) is 0 Å². The standard InChI is InChI=1S/C14H18ClNO3S/c1-10(2)12-5-3-11(4-6-12)8-16-9-13(7-14(16)17)20(15,18)19/h3-6,10,13H,7-9H2,1-2H3. The molecule has 0 radical (unpaired) electrons. The Hall–Kier alpha value is -1.07. The van der Waals surface area contributed by atoms with Crippen LogP contribution in [0.15, 0.2) is 24.3 Å². The number of halogens is 1. The molecule has 1 aromatic rings. The highest BCUT2D eigenvalue weighted by molar-refractivity contribution is 8.14. The van der Waals surface area contributed by atoms with Crippen molar-refractivity contribution in [2.24, 2.45) is 0 Å². The summed E-state index contributed by atoms with van der Waals surface area (Å²) in [6.07, 6.45) is -0.0179. The Morgan fingerprint density at radius 3 is 2.35 bits per heavy atom. The molecule has 1 aromatic carbocycles. The first-order valence-corrected chi connectivity index (χ1v) is 8.94. The van der Waals surface area contributed by atoms with E-state index in [4.69, 9.17) is 10.7 Å². The average molecular weight is 316 g/mol. The van der Waals surface area contributed by atoms with Gasteiger partial charge >= 0.3 is 0 Å². The molecule has 1 saturated heterocycles. The quantitative estimate of drug-likeness (QED) is 0.802. The molecule has 1 amide bonds. The molecule has 20 heavy (non-hydrogen) atoms. The molecule has 1 heterocycles. The first-order chi connectivity index (χ1) is 9.27. The third-order valence-corrected chi connectivity index (χ3v) is 5.46. The summed E-state index contributed by atoms with van der Waals surface area (Å²) in [6.45, 7) is 4.85. The Morgan fingerprint density at radius 1 is 1.30 bits per heavy atom. The van der Waals surface area contributed by atoms with Crippen LogP contribution in [-0.4, -0.2) is 31.0 Å². The van der Waals surface area contributed by atoms with Crippen molar-refractivity contribution in [1.29, 1.82) is 0 Å². The molecule has 2 rings (SSSR count). The second-order valence-electron chi connectivity index (χ2n) is 5.47. The molecule has 0 aromatic heterocycles. The lowest BCUT2D eigenvalue weighted by Gasteiger charge is -2.16. The SMILES string of the molecule is CC(C)c1ccc(CN2CC(S(=O)(=O)Cl)CC2=O)cc1. The lowest BCUT2D eigenvalue weighted by molar-refractivity contribution is -0.128. The summed E-state index contributed by atoms with van der Waals surface area (Å²) in [7, 11) is 1.65. The predicted molar refractivity (Wildman–Crippen MR) is 79.1 cm³/mol. The zero-order valence-corrected chi connectivity index (χ0v) is 13.1. The van der Waals surface area contributed by atoms with Gasteiger partial charge in [-0.05, 0) is 17.0 Å². The molecule has 1 fully saturated rings. The highest BCUT2D eigenvalue weighted by atomic mass is 35.7. The van der Waals surface area contributed by atoms with Crippen LogP contribution in [0.5, 0.6) is 0 Å². The fourth-order valence-corrected chi connectivity index (χ4v) is 3.36. The van der Waals surface area contributed by atoms with Crippen molar-refractivity contribution in [2.45, 2.75) is 38.0 Å². The summed E-state index contributed by atoms with van der Waals surface area (Å²) in [4.78, 5) is 13.4. The predicted octanol–water partition coefficient (Wildman–Crippen LogP) is 2.48. The van der Waals surface area contributed by atoms with Gasteiger partial charge in [0, 0.05) is 30.2 Å². The summed E-state index contributed by atoms with van der Waals surface area (Å²) in [6, 6.07) is 8.03. The number of amides is 1. The first-order valence-electron chi connectivity index (χ1n) is 6.57. The fraction of sp³-hybridized carbons (Fsp3) is 0.500. The van der Waals surface area contributed by atoms with Gasteiger partial charge in [0.2, 0.25) is 15.0 Å². The van der Waals surface area contributed by atoms with Crippen LogP contribution < -0.4 is 0 Å². The van der Waals surface area contributed by atoms with E-state index in [0.29, 0.717) is 12.5 Å². The van der Waals surface area contributed by atoms with Gasteiger partial charge in [0.1, 0.15) is 5.25 Å². The minimum Gasteiger partial charge on any atom is -0.337 e. The van der Waals surface area contributed by atoms with E-state index in [1.165, 1.54) is 5.56 Å². The van der Waals surface area contributed by atoms with E-state index in [0.717, 1.165) is 5.56 Å². The molecule has 1 atom stereocenters. The molecular formula is C14H18ClNO3S. The topological polar surface area (TPSA) is 54.5 Å². The molecule has 110 valence electrons. The van der Waals surface area contributed by atoms with Crippen LogP contribution in [0, 0.1) is 0 Å². The molecule has 4 nitrogen and oxygen atoms in total. The van der Waals surface area contributed by atoms with E-state index in [9.17, 15) is 13.2 Å². The minimum absolute atomic E-state index is 0.0179. The summed E-state index contributed by atoms with van der Waals surface area (Å²) >= 11 is 0. The van der Waals surface area contributed by atoms with Crippen LogP contribution in [0.2, 0.25) is 0 Å². The maximum absolute atomic E-state index is 11.8. The van der Waals surface area contributed by atoms with Gasteiger partial charge in [0.05, 0.1) is 0 Å². The van der Waals surface area contributed by atoms with Gasteiger partial charge in [-0.3, -0.25) is 4.79 Å². The number of carbonyl (C=O) groups is 1. The largest absolute Gasteiger partial charge is 0.337 e. The number of nitrogens with zero attached hydrogens (tertiary/aromatic N) is 1. The van der Waals surface area contributed by atoms with Crippen LogP contribution in [0.4, 0.5) is 0 Å². The number of benzene rings is 1. The second-order valence-corrected chi connectivity index (χ2v) is 8.38. The zero-order valence-electron chi connectivity index (χ0n) is 11.5. The Labute approximate surface area is 124 Å². The molecule has 0 saturated carbocycles. The smallest absolute Gasteiger partial charge is 0.237 e. The molecule has 1 aliphatic heterocycles. The summed E-state index contributed by atoms with van der Waals surface area (Å²) in [5.41, 5.74) is 2.23. The van der Waals surface area contributed by atoms with Gasteiger partial charge in [-0.15, -0.1) is 0 Å². The van der Waals surface area contributed by atoms with Crippen molar-refractivity contribution in [1.82, 2.24) is 4.90 Å². The Bertz CT molecular complexity index is 595. The van der Waals surface area contributed by atoms with Crippen LogP contribution in [0.25, 0.3) is 0 Å². The number of rotatable bonds is 4. The second kappa shape index (κ2) is 5.74. The van der Waals surface area contributed by atoms with Gasteiger partial charge in [-0.1, -0.05) is 38.1 Å². The molecule has 1 aliphatic rings. The molecular weight excluding hydrogens is 298 g/mol. The van der Waals surface area contributed by atoms with Gasteiger partial charge in [-0.2, -0.15) is 0 Å². The van der Waals surface area contributed by atoms with Crippen LogP contribution in [0.3, 0.4) is 0 Å². The van der Waals surface area contributed by atoms with Crippen LogP contribution in [-0.2, 0) is 20.4 Å². The summed E-state index contributed by atoms with van der Waals surface area (Å²) < 4.78 is 22.6. The minimum atomic E-state index is -3.67. The van der Waals surface area contributed by atoms with E-state index < -0.39 is 14.3 Å². The fourth-order valence-electron chi connectivity index (χ4n) is 2.31. The number of likely N-dealkylation sites (tertiary alicyclic amines) is 1. The average Bonchev–Trinajstić information content (AvgIpc) is 2.71. The molecule has 0 N–H and O–H groups in total. The normalized spacial score (nSPS) is 19.9. The summed E-state index contributed by atoms with van der Waals surface area (Å²) in [5, 5.41) is -0.786. The van der Waals surface area contributed by atoms with Crippen molar-refractivity contribution in [3.8, 4) is 0 Å². The van der Waals surface area contributed by atoms with E-state index in [2.05, 4.69) is 13.8 Å². The van der Waals surface area contributed by atoms with Gasteiger partial charge < -0.3 is 4.90 Å². The van der Waals surface area contributed by atoms with Gasteiger partial charge in [0.15, 0.2) is 0 Å². The van der Waals surface area contributed by atoms with Gasteiger partial charge in [0.25, 0.3) is 0 Å². The molecule has 0 aliphatic carbocycles. The molecule has 0 spiro atoms. The summed E-state index contributed by atoms with van der Waals surface area (Å²) in [5.74, 6) is 0.301. The number of carbonyl (C=O) groups excluding carboxylic acids is 1. The van der Waals surface area contributed by atoms with Gasteiger partial charge in [-0.25, -0.2) is 8.42 Å². The van der Waals surface area contributed by atoms with E-state index >= 15 is 0 Å².